The van der Waals surface area contributed by atoms with E-state index in [1.807, 2.05) is 80.6 Å². The lowest BCUT2D eigenvalue weighted by Crippen LogP contribution is -2.25. The van der Waals surface area contributed by atoms with Crippen LogP contribution in [0.2, 0.25) is 0 Å². The van der Waals surface area contributed by atoms with Gasteiger partial charge in [-0.3, -0.25) is 4.79 Å². The zero-order valence-electron chi connectivity index (χ0n) is 15.4. The fourth-order valence-electron chi connectivity index (χ4n) is 2.61. The van der Waals surface area contributed by atoms with Gasteiger partial charge in [-0.15, -0.1) is 0 Å². The largest absolute Gasteiger partial charge is 0.494 e. The molecule has 0 aliphatic heterocycles. The number of benzene rings is 3. The number of amides is 1. The molecule has 1 amide bonds. The molecular weight excluding hydrogens is 340 g/mol. The SMILES string of the molecule is CCOc1ccc(/C(C)=N/NC(=O)COc2ccc3ccccc3c2)cc1. The molecule has 0 aromatic heterocycles. The molecule has 0 unspecified atom stereocenters. The van der Waals surface area contributed by atoms with Crippen molar-refractivity contribution in [1.29, 1.82) is 0 Å². The van der Waals surface area contributed by atoms with Crippen LogP contribution in [0, 0.1) is 0 Å². The highest BCUT2D eigenvalue weighted by molar-refractivity contribution is 5.99. The van der Waals surface area contributed by atoms with Gasteiger partial charge in [-0.05, 0) is 66.6 Å². The average molecular weight is 362 g/mol. The zero-order valence-corrected chi connectivity index (χ0v) is 15.4. The number of carbonyl (C=O) groups excluding carboxylic acids is 1. The highest BCUT2D eigenvalue weighted by Crippen LogP contribution is 2.20. The average Bonchev–Trinajstić information content (AvgIpc) is 2.71. The fourth-order valence-corrected chi connectivity index (χ4v) is 2.61. The molecule has 3 rings (SSSR count). The summed E-state index contributed by atoms with van der Waals surface area (Å²) in [4.78, 5) is 12.0. The number of hydrogen-bond donors (Lipinski definition) is 1. The first-order valence-corrected chi connectivity index (χ1v) is 8.83. The summed E-state index contributed by atoms with van der Waals surface area (Å²) in [5.74, 6) is 1.14. The summed E-state index contributed by atoms with van der Waals surface area (Å²) < 4.78 is 11.0. The van der Waals surface area contributed by atoms with Gasteiger partial charge in [0.15, 0.2) is 6.61 Å². The molecule has 0 aliphatic carbocycles. The number of carbonyl (C=O) groups is 1. The normalized spacial score (nSPS) is 11.3. The molecule has 0 fully saturated rings. The summed E-state index contributed by atoms with van der Waals surface area (Å²) in [6.07, 6.45) is 0. The van der Waals surface area contributed by atoms with Gasteiger partial charge >= 0.3 is 0 Å². The molecule has 0 saturated heterocycles. The lowest BCUT2D eigenvalue weighted by atomic mass is 10.1. The number of hydrazone groups is 1. The number of fused-ring (bicyclic) bond motifs is 1. The third-order valence-corrected chi connectivity index (χ3v) is 4.02. The molecule has 0 heterocycles. The minimum atomic E-state index is -0.312. The zero-order chi connectivity index (χ0) is 19.1. The van der Waals surface area contributed by atoms with Crippen LogP contribution in [0.3, 0.4) is 0 Å². The number of nitrogens with one attached hydrogen (secondary N) is 1. The maximum Gasteiger partial charge on any atom is 0.277 e. The van der Waals surface area contributed by atoms with Crippen LogP contribution in [0.15, 0.2) is 71.8 Å². The molecule has 0 saturated carbocycles. The van der Waals surface area contributed by atoms with Crippen LogP contribution in [0.25, 0.3) is 10.8 Å². The highest BCUT2D eigenvalue weighted by atomic mass is 16.5. The molecule has 5 nitrogen and oxygen atoms in total. The molecule has 0 atom stereocenters. The van der Waals surface area contributed by atoms with Crippen molar-refractivity contribution in [3.05, 3.63) is 72.3 Å². The van der Waals surface area contributed by atoms with Crippen LogP contribution < -0.4 is 14.9 Å². The van der Waals surface area contributed by atoms with Crippen molar-refractivity contribution in [2.75, 3.05) is 13.2 Å². The summed E-state index contributed by atoms with van der Waals surface area (Å²) in [5.41, 5.74) is 4.14. The van der Waals surface area contributed by atoms with Crippen LogP contribution in [0.4, 0.5) is 0 Å². The Morgan fingerprint density at radius 1 is 0.926 bits per heavy atom. The Kier molecular flexibility index (Phi) is 6.05. The Labute approximate surface area is 158 Å². The van der Waals surface area contributed by atoms with Crippen molar-refractivity contribution in [3.8, 4) is 11.5 Å². The van der Waals surface area contributed by atoms with Crippen LogP contribution >= 0.6 is 0 Å². The van der Waals surface area contributed by atoms with E-state index in [0.717, 1.165) is 22.1 Å². The van der Waals surface area contributed by atoms with E-state index in [4.69, 9.17) is 9.47 Å². The van der Waals surface area contributed by atoms with E-state index in [-0.39, 0.29) is 12.5 Å². The second-order valence-corrected chi connectivity index (χ2v) is 5.99. The Bertz CT molecular complexity index is 949. The summed E-state index contributed by atoms with van der Waals surface area (Å²) in [5, 5.41) is 6.33. The van der Waals surface area contributed by atoms with Crippen molar-refractivity contribution < 1.29 is 14.3 Å². The highest BCUT2D eigenvalue weighted by Gasteiger charge is 2.04. The van der Waals surface area contributed by atoms with E-state index in [1.165, 1.54) is 0 Å². The number of hydrogen-bond acceptors (Lipinski definition) is 4. The third-order valence-electron chi connectivity index (χ3n) is 4.02. The molecule has 0 spiro atoms. The first-order valence-electron chi connectivity index (χ1n) is 8.83. The first kappa shape index (κ1) is 18.5. The standard InChI is InChI=1S/C22H22N2O3/c1-3-26-20-11-8-17(9-12-20)16(2)23-24-22(25)15-27-21-13-10-18-6-4-5-7-19(18)14-21/h4-14H,3,15H2,1-2H3,(H,24,25)/b23-16+. The second kappa shape index (κ2) is 8.85. The van der Waals surface area contributed by atoms with Crippen LogP contribution in [-0.4, -0.2) is 24.8 Å². The van der Waals surface area contributed by atoms with E-state index in [1.54, 1.807) is 0 Å². The van der Waals surface area contributed by atoms with Crippen molar-refractivity contribution in [3.63, 3.8) is 0 Å². The molecule has 0 aliphatic rings. The molecule has 1 N–H and O–H groups in total. The van der Waals surface area contributed by atoms with Gasteiger partial charge in [0.05, 0.1) is 12.3 Å². The minimum absolute atomic E-state index is 0.0988. The molecule has 5 heteroatoms. The lowest BCUT2D eigenvalue weighted by Gasteiger charge is -2.07. The van der Waals surface area contributed by atoms with E-state index in [0.29, 0.717) is 18.1 Å². The molecule has 3 aromatic carbocycles. The molecular formula is C22H22N2O3. The molecule has 0 radical (unpaired) electrons. The van der Waals surface area contributed by atoms with Gasteiger partial charge < -0.3 is 9.47 Å². The minimum Gasteiger partial charge on any atom is -0.494 e. The van der Waals surface area contributed by atoms with E-state index >= 15 is 0 Å². The first-order chi connectivity index (χ1) is 13.2. The quantitative estimate of drug-likeness (QED) is 0.507. The topological polar surface area (TPSA) is 59.9 Å². The predicted molar refractivity (Wildman–Crippen MR) is 107 cm³/mol. The van der Waals surface area contributed by atoms with Gasteiger partial charge in [0.25, 0.3) is 5.91 Å². The van der Waals surface area contributed by atoms with Crippen LogP contribution in [0.1, 0.15) is 19.4 Å². The summed E-state index contributed by atoms with van der Waals surface area (Å²) in [6, 6.07) is 21.3. The third kappa shape index (κ3) is 5.07. The monoisotopic (exact) mass is 362 g/mol. The van der Waals surface area contributed by atoms with Crippen molar-refractivity contribution in [2.24, 2.45) is 5.10 Å². The number of nitrogens with zero attached hydrogens (tertiary/aromatic N) is 1. The maximum atomic E-state index is 12.0. The fraction of sp³-hybridized carbons (Fsp3) is 0.182. The molecule has 138 valence electrons. The molecule has 0 bridgehead atoms. The van der Waals surface area contributed by atoms with Gasteiger partial charge in [-0.1, -0.05) is 30.3 Å². The maximum absolute atomic E-state index is 12.0. The Morgan fingerprint density at radius 3 is 2.37 bits per heavy atom. The van der Waals surface area contributed by atoms with E-state index in [2.05, 4.69) is 10.5 Å². The Hall–Kier alpha value is -3.34. The van der Waals surface area contributed by atoms with Gasteiger partial charge in [0.1, 0.15) is 11.5 Å². The van der Waals surface area contributed by atoms with Gasteiger partial charge in [0, 0.05) is 0 Å². The van der Waals surface area contributed by atoms with Crippen molar-refractivity contribution in [2.45, 2.75) is 13.8 Å². The number of rotatable bonds is 7. The predicted octanol–water partition coefficient (Wildman–Crippen LogP) is 4.16. The van der Waals surface area contributed by atoms with E-state index < -0.39 is 0 Å². The number of ether oxygens (including phenoxy) is 2. The van der Waals surface area contributed by atoms with Gasteiger partial charge in [-0.2, -0.15) is 5.10 Å². The Morgan fingerprint density at radius 2 is 1.63 bits per heavy atom. The Balaban J connectivity index is 1.54. The lowest BCUT2D eigenvalue weighted by molar-refractivity contribution is -0.123. The van der Waals surface area contributed by atoms with Crippen molar-refractivity contribution in [1.82, 2.24) is 5.43 Å². The van der Waals surface area contributed by atoms with Gasteiger partial charge in [0.2, 0.25) is 0 Å². The van der Waals surface area contributed by atoms with Gasteiger partial charge in [-0.25, -0.2) is 5.43 Å². The van der Waals surface area contributed by atoms with Crippen LogP contribution in [0.5, 0.6) is 11.5 Å². The van der Waals surface area contributed by atoms with Crippen molar-refractivity contribution >= 4 is 22.4 Å². The summed E-state index contributed by atoms with van der Waals surface area (Å²) in [6.45, 7) is 4.30. The summed E-state index contributed by atoms with van der Waals surface area (Å²) >= 11 is 0. The summed E-state index contributed by atoms with van der Waals surface area (Å²) in [7, 11) is 0. The van der Waals surface area contributed by atoms with Crippen LogP contribution in [-0.2, 0) is 4.79 Å². The molecule has 27 heavy (non-hydrogen) atoms. The molecule has 3 aromatic rings. The van der Waals surface area contributed by atoms with E-state index in [9.17, 15) is 4.79 Å². The smallest absolute Gasteiger partial charge is 0.277 e. The second-order valence-electron chi connectivity index (χ2n) is 5.99.